The van der Waals surface area contributed by atoms with Crippen molar-refractivity contribution in [2.45, 2.75) is 38.1 Å². The van der Waals surface area contributed by atoms with E-state index < -0.39 is 5.41 Å². The molecule has 0 aliphatic carbocycles. The Kier molecular flexibility index (Phi) is 6.13. The molecule has 2 saturated heterocycles. The van der Waals surface area contributed by atoms with Crippen LogP contribution in [0.3, 0.4) is 0 Å². The van der Waals surface area contributed by atoms with Gasteiger partial charge in [0, 0.05) is 37.3 Å². The van der Waals surface area contributed by atoms with Gasteiger partial charge in [-0.15, -0.1) is 0 Å². The Morgan fingerprint density at radius 1 is 1.07 bits per heavy atom. The fraction of sp³-hybridized carbons (Fsp3) is 0.500. The lowest BCUT2D eigenvalue weighted by Crippen LogP contribution is -2.55. The van der Waals surface area contributed by atoms with Crippen LogP contribution in [-0.2, 0) is 5.41 Å². The topological polar surface area (TPSA) is 56.3 Å². The van der Waals surface area contributed by atoms with Gasteiger partial charge < -0.3 is 15.5 Å². The zero-order chi connectivity index (χ0) is 21.1. The summed E-state index contributed by atoms with van der Waals surface area (Å²) in [6.45, 7) is 9.72. The molecule has 4 nitrogen and oxygen atoms in total. The number of piperidine rings is 1. The summed E-state index contributed by atoms with van der Waals surface area (Å²) in [6.07, 6.45) is 2.08. The first-order valence-corrected chi connectivity index (χ1v) is 11.3. The SMILES string of the molecule is Cc1ccc(N2CC(CN3CCC(C(C#N)(c4ccccc4)[C@H](C)N)CC3)C2)cc1. The summed E-state index contributed by atoms with van der Waals surface area (Å²) in [6, 6.07) is 21.5. The van der Waals surface area contributed by atoms with Crippen LogP contribution in [0.1, 0.15) is 30.9 Å². The van der Waals surface area contributed by atoms with Gasteiger partial charge in [0.05, 0.1) is 11.5 Å². The van der Waals surface area contributed by atoms with E-state index in [1.165, 1.54) is 11.3 Å². The number of nitrogens with two attached hydrogens (primary N) is 1. The molecule has 2 fully saturated rings. The summed E-state index contributed by atoms with van der Waals surface area (Å²) < 4.78 is 0. The highest BCUT2D eigenvalue weighted by Gasteiger charge is 2.45. The van der Waals surface area contributed by atoms with Crippen molar-refractivity contribution < 1.29 is 0 Å². The minimum atomic E-state index is -0.591. The second-order valence-corrected chi connectivity index (χ2v) is 9.32. The highest BCUT2D eigenvalue weighted by atomic mass is 15.2. The lowest BCUT2D eigenvalue weighted by molar-refractivity contribution is 0.117. The highest BCUT2D eigenvalue weighted by molar-refractivity contribution is 5.49. The predicted molar refractivity (Wildman–Crippen MR) is 123 cm³/mol. The summed E-state index contributed by atoms with van der Waals surface area (Å²) in [5.41, 5.74) is 9.57. The number of aryl methyl sites for hydroxylation is 1. The second kappa shape index (κ2) is 8.79. The van der Waals surface area contributed by atoms with Crippen molar-refractivity contribution in [3.63, 3.8) is 0 Å². The lowest BCUT2D eigenvalue weighted by atomic mass is 9.64. The van der Waals surface area contributed by atoms with E-state index in [1.54, 1.807) is 0 Å². The molecule has 2 N–H and O–H groups in total. The molecular weight excluding hydrogens is 368 g/mol. The predicted octanol–water partition coefficient (Wildman–Crippen LogP) is 3.95. The van der Waals surface area contributed by atoms with Crippen molar-refractivity contribution in [1.29, 1.82) is 5.26 Å². The lowest BCUT2D eigenvalue weighted by Gasteiger charge is -2.46. The van der Waals surface area contributed by atoms with E-state index in [1.807, 2.05) is 25.1 Å². The molecule has 1 unspecified atom stereocenters. The van der Waals surface area contributed by atoms with E-state index in [0.717, 1.165) is 57.0 Å². The number of hydrogen-bond acceptors (Lipinski definition) is 4. The summed E-state index contributed by atoms with van der Waals surface area (Å²) >= 11 is 0. The van der Waals surface area contributed by atoms with Gasteiger partial charge in [-0.3, -0.25) is 0 Å². The van der Waals surface area contributed by atoms with Crippen molar-refractivity contribution in [2.75, 3.05) is 37.6 Å². The number of anilines is 1. The zero-order valence-corrected chi connectivity index (χ0v) is 18.3. The number of likely N-dealkylation sites (tertiary alicyclic amines) is 1. The molecule has 2 heterocycles. The van der Waals surface area contributed by atoms with Gasteiger partial charge in [-0.05, 0) is 63.4 Å². The van der Waals surface area contributed by atoms with Crippen molar-refractivity contribution in [3.8, 4) is 6.07 Å². The van der Waals surface area contributed by atoms with Gasteiger partial charge in [-0.25, -0.2) is 0 Å². The smallest absolute Gasteiger partial charge is 0.0998 e. The maximum absolute atomic E-state index is 10.2. The van der Waals surface area contributed by atoms with Gasteiger partial charge >= 0.3 is 0 Å². The molecule has 0 radical (unpaired) electrons. The van der Waals surface area contributed by atoms with Crippen LogP contribution in [0.15, 0.2) is 54.6 Å². The first kappa shape index (κ1) is 20.9. The maximum Gasteiger partial charge on any atom is 0.0998 e. The minimum Gasteiger partial charge on any atom is -0.371 e. The summed E-state index contributed by atoms with van der Waals surface area (Å²) in [5, 5.41) is 10.2. The van der Waals surface area contributed by atoms with Crippen molar-refractivity contribution in [1.82, 2.24) is 4.90 Å². The van der Waals surface area contributed by atoms with Gasteiger partial charge in [-0.1, -0.05) is 48.0 Å². The molecule has 2 aromatic rings. The number of nitrogens with zero attached hydrogens (tertiary/aromatic N) is 3. The number of benzene rings is 2. The Morgan fingerprint density at radius 2 is 1.70 bits per heavy atom. The molecule has 0 bridgehead atoms. The number of nitriles is 1. The van der Waals surface area contributed by atoms with E-state index in [2.05, 4.69) is 59.2 Å². The van der Waals surface area contributed by atoms with Gasteiger partial charge in [-0.2, -0.15) is 5.26 Å². The van der Waals surface area contributed by atoms with Gasteiger partial charge in [0.25, 0.3) is 0 Å². The Balaban J connectivity index is 1.32. The molecule has 4 heteroatoms. The number of rotatable bonds is 6. The summed E-state index contributed by atoms with van der Waals surface area (Å²) in [5.74, 6) is 1.05. The normalized spacial score (nSPS) is 21.5. The molecule has 0 saturated carbocycles. The minimum absolute atomic E-state index is 0.184. The molecule has 4 rings (SSSR count). The van der Waals surface area contributed by atoms with E-state index in [0.29, 0.717) is 5.92 Å². The third-order valence-corrected chi connectivity index (χ3v) is 7.26. The van der Waals surface area contributed by atoms with Crippen LogP contribution < -0.4 is 10.6 Å². The molecule has 30 heavy (non-hydrogen) atoms. The van der Waals surface area contributed by atoms with Crippen LogP contribution in [0.2, 0.25) is 0 Å². The monoisotopic (exact) mass is 402 g/mol. The third-order valence-electron chi connectivity index (χ3n) is 7.26. The molecule has 2 aliphatic rings. The van der Waals surface area contributed by atoms with Gasteiger partial charge in [0.1, 0.15) is 0 Å². The maximum atomic E-state index is 10.2. The first-order chi connectivity index (χ1) is 14.5. The Bertz CT molecular complexity index is 856. The zero-order valence-electron chi connectivity index (χ0n) is 18.3. The fourth-order valence-corrected chi connectivity index (χ4v) is 5.43. The van der Waals surface area contributed by atoms with Crippen LogP contribution in [0, 0.1) is 30.1 Å². The molecule has 2 atom stereocenters. The van der Waals surface area contributed by atoms with Gasteiger partial charge in [0.15, 0.2) is 0 Å². The quantitative estimate of drug-likeness (QED) is 0.795. The fourth-order valence-electron chi connectivity index (χ4n) is 5.43. The largest absolute Gasteiger partial charge is 0.371 e. The Hall–Kier alpha value is -2.35. The summed E-state index contributed by atoms with van der Waals surface area (Å²) in [4.78, 5) is 5.07. The van der Waals surface area contributed by atoms with Crippen LogP contribution in [0.4, 0.5) is 5.69 Å². The average Bonchev–Trinajstić information content (AvgIpc) is 2.74. The number of hydrogen-bond donors (Lipinski definition) is 1. The van der Waals surface area contributed by atoms with Crippen LogP contribution in [0.5, 0.6) is 0 Å². The molecular formula is C26H34N4. The molecule has 2 aliphatic heterocycles. The molecule has 0 amide bonds. The molecule has 158 valence electrons. The molecule has 0 spiro atoms. The first-order valence-electron chi connectivity index (χ1n) is 11.3. The van der Waals surface area contributed by atoms with E-state index in [-0.39, 0.29) is 6.04 Å². The van der Waals surface area contributed by atoms with Crippen molar-refractivity contribution in [3.05, 3.63) is 65.7 Å². The van der Waals surface area contributed by atoms with Crippen molar-refractivity contribution in [2.24, 2.45) is 17.6 Å². The van der Waals surface area contributed by atoms with Crippen LogP contribution in [0.25, 0.3) is 0 Å². The Morgan fingerprint density at radius 3 is 2.27 bits per heavy atom. The van der Waals surface area contributed by atoms with Gasteiger partial charge in [0.2, 0.25) is 0 Å². The molecule has 2 aromatic carbocycles. The van der Waals surface area contributed by atoms with Crippen molar-refractivity contribution >= 4 is 5.69 Å². The second-order valence-electron chi connectivity index (χ2n) is 9.32. The van der Waals surface area contributed by atoms with E-state index >= 15 is 0 Å². The van der Waals surface area contributed by atoms with E-state index in [9.17, 15) is 5.26 Å². The van der Waals surface area contributed by atoms with Crippen LogP contribution >= 0.6 is 0 Å². The van der Waals surface area contributed by atoms with E-state index in [4.69, 9.17) is 5.73 Å². The third kappa shape index (κ3) is 3.97. The Labute approximate surface area is 181 Å². The standard InChI is InChI=1S/C26H34N4/c1-20-8-10-25(11-9-20)30-17-22(18-30)16-29-14-12-24(13-15-29)26(19-27,21(2)28)23-6-4-3-5-7-23/h3-11,21-22,24H,12-18,28H2,1-2H3/t21-,26?/m0/s1. The average molecular weight is 403 g/mol. The molecule has 0 aromatic heterocycles. The summed E-state index contributed by atoms with van der Waals surface area (Å²) in [7, 11) is 0. The highest BCUT2D eigenvalue weighted by Crippen LogP contribution is 2.40. The van der Waals surface area contributed by atoms with Crippen LogP contribution in [-0.4, -0.2) is 43.7 Å².